The van der Waals surface area contributed by atoms with Crippen LogP contribution in [-0.4, -0.2) is 56.2 Å². The van der Waals surface area contributed by atoms with Gasteiger partial charge in [0.2, 0.25) is 0 Å². The summed E-state index contributed by atoms with van der Waals surface area (Å²) in [6, 6.07) is 0. The number of carbonyl (C=O) groups excluding carboxylic acids is 1. The van der Waals surface area contributed by atoms with Crippen LogP contribution in [0.3, 0.4) is 0 Å². The molecular weight excluding hydrogens is 234 g/mol. The third kappa shape index (κ3) is 6.98. The van der Waals surface area contributed by atoms with Gasteiger partial charge in [-0.3, -0.25) is 9.59 Å². The zero-order chi connectivity index (χ0) is 12.9. The van der Waals surface area contributed by atoms with Crippen molar-refractivity contribution in [3.8, 4) is 0 Å². The number of carboxylic acids is 2. The molecule has 0 aromatic carbocycles. The minimum atomic E-state index is -2.85. The summed E-state index contributed by atoms with van der Waals surface area (Å²) < 4.78 is 3.73. The number of carbonyl (C=O) groups is 3. The molecule has 17 heavy (non-hydrogen) atoms. The van der Waals surface area contributed by atoms with Crippen molar-refractivity contribution in [3.63, 3.8) is 0 Å². The normalized spacial score (nSPS) is 12.9. The van der Waals surface area contributed by atoms with Crippen LogP contribution in [0.25, 0.3) is 0 Å². The molecule has 0 saturated carbocycles. The minimum absolute atomic E-state index is 0. The van der Waals surface area contributed by atoms with Crippen molar-refractivity contribution in [3.05, 3.63) is 0 Å². The van der Waals surface area contributed by atoms with Crippen molar-refractivity contribution in [1.82, 2.24) is 0 Å². The summed E-state index contributed by atoms with van der Waals surface area (Å²) in [5.41, 5.74) is -2.85. The standard InChI is InChI=1S/C6H9BO9.Li.H/c8-3(9)1-6(13,5(11)12)2-4(10)16-7(14)15;;/h13-15H,1-2H2,(H,8,9)(H,11,12);;/q;+1;-1. The molecule has 1 atom stereocenters. The molecule has 0 heterocycles. The van der Waals surface area contributed by atoms with Crippen LogP contribution in [0.15, 0.2) is 0 Å². The van der Waals surface area contributed by atoms with Crippen LogP contribution in [0.4, 0.5) is 0 Å². The van der Waals surface area contributed by atoms with Crippen LogP contribution in [0, 0.1) is 0 Å². The summed E-state index contributed by atoms with van der Waals surface area (Å²) in [4.78, 5) is 31.6. The molecule has 92 valence electrons. The van der Waals surface area contributed by atoms with Gasteiger partial charge in [0.25, 0.3) is 5.97 Å². The maximum absolute atomic E-state index is 10.8. The van der Waals surface area contributed by atoms with Crippen molar-refractivity contribution < 1.29 is 64.7 Å². The molecular formula is C6H10BLiO9. The van der Waals surface area contributed by atoms with Crippen LogP contribution >= 0.6 is 0 Å². The van der Waals surface area contributed by atoms with Gasteiger partial charge < -0.3 is 31.4 Å². The second-order valence-electron chi connectivity index (χ2n) is 2.90. The third-order valence-electron chi connectivity index (χ3n) is 1.52. The molecule has 0 bridgehead atoms. The van der Waals surface area contributed by atoms with E-state index in [0.717, 1.165) is 0 Å². The first-order valence-electron chi connectivity index (χ1n) is 3.90. The van der Waals surface area contributed by atoms with Crippen LogP contribution < -0.4 is 18.9 Å². The summed E-state index contributed by atoms with van der Waals surface area (Å²) in [6.45, 7) is 0. The Kier molecular flexibility index (Phi) is 7.88. The van der Waals surface area contributed by atoms with E-state index in [1.807, 2.05) is 0 Å². The Hall–Kier alpha value is -1.05. The van der Waals surface area contributed by atoms with E-state index in [-0.39, 0.29) is 20.3 Å². The van der Waals surface area contributed by atoms with Crippen molar-refractivity contribution >= 4 is 25.2 Å². The largest absolute Gasteiger partial charge is 1.00 e. The molecule has 0 aromatic rings. The predicted molar refractivity (Wildman–Crippen MR) is 46.9 cm³/mol. The van der Waals surface area contributed by atoms with Gasteiger partial charge in [-0.25, -0.2) is 4.79 Å². The molecule has 1 unspecified atom stereocenters. The van der Waals surface area contributed by atoms with Crippen LogP contribution in [-0.2, 0) is 19.0 Å². The molecule has 5 N–H and O–H groups in total. The van der Waals surface area contributed by atoms with Crippen molar-refractivity contribution in [2.24, 2.45) is 0 Å². The zero-order valence-corrected chi connectivity index (χ0v) is 8.86. The Labute approximate surface area is 109 Å². The predicted octanol–water partition coefficient (Wildman–Crippen LogP) is -5.70. The number of aliphatic hydroxyl groups is 1. The average molecular weight is 244 g/mol. The van der Waals surface area contributed by atoms with Crippen molar-refractivity contribution in [2.45, 2.75) is 18.4 Å². The van der Waals surface area contributed by atoms with E-state index in [2.05, 4.69) is 4.65 Å². The van der Waals surface area contributed by atoms with E-state index in [1.54, 1.807) is 0 Å². The smallest absolute Gasteiger partial charge is 1.00 e. The van der Waals surface area contributed by atoms with E-state index in [0.29, 0.717) is 0 Å². The second kappa shape index (κ2) is 7.31. The maximum atomic E-state index is 10.8. The van der Waals surface area contributed by atoms with Crippen molar-refractivity contribution in [1.29, 1.82) is 0 Å². The first kappa shape index (κ1) is 18.3. The van der Waals surface area contributed by atoms with Gasteiger partial charge in [0, 0.05) is 0 Å². The Morgan fingerprint density at radius 1 is 1.18 bits per heavy atom. The van der Waals surface area contributed by atoms with Gasteiger partial charge in [-0.1, -0.05) is 0 Å². The van der Waals surface area contributed by atoms with Gasteiger partial charge in [0.05, 0.1) is 12.8 Å². The SMILES string of the molecule is O=C(O)CC(O)(CC(=O)OB(O)O)C(=O)O.[H-].[Li+]. The first-order valence-corrected chi connectivity index (χ1v) is 3.90. The number of aliphatic carboxylic acids is 2. The fourth-order valence-electron chi connectivity index (χ4n) is 0.862. The molecule has 11 heteroatoms. The number of hydrogen-bond donors (Lipinski definition) is 5. The Morgan fingerprint density at radius 3 is 1.94 bits per heavy atom. The van der Waals surface area contributed by atoms with E-state index >= 15 is 0 Å². The summed E-state index contributed by atoms with van der Waals surface area (Å²) in [6.07, 6.45) is -2.44. The topological polar surface area (TPSA) is 162 Å². The van der Waals surface area contributed by atoms with Gasteiger partial charge in [-0.2, -0.15) is 0 Å². The summed E-state index contributed by atoms with van der Waals surface area (Å²) in [5.74, 6) is -5.03. The van der Waals surface area contributed by atoms with Gasteiger partial charge in [-0.15, -0.1) is 0 Å². The number of rotatable bonds is 6. The second-order valence-corrected chi connectivity index (χ2v) is 2.90. The molecule has 0 aromatic heterocycles. The monoisotopic (exact) mass is 244 g/mol. The van der Waals surface area contributed by atoms with Gasteiger partial charge in [0.1, 0.15) is 0 Å². The molecule has 0 saturated heterocycles. The summed E-state index contributed by atoms with van der Waals surface area (Å²) in [5, 5.41) is 42.5. The number of hydrogen-bond acceptors (Lipinski definition) is 7. The van der Waals surface area contributed by atoms with Crippen LogP contribution in [0.5, 0.6) is 0 Å². The van der Waals surface area contributed by atoms with Gasteiger partial charge in [-0.05, 0) is 0 Å². The molecule has 0 radical (unpaired) electrons. The average Bonchev–Trinajstić information content (AvgIpc) is 1.98. The molecule has 9 nitrogen and oxygen atoms in total. The Morgan fingerprint density at radius 2 is 1.65 bits per heavy atom. The molecule has 0 amide bonds. The van der Waals surface area contributed by atoms with E-state index in [9.17, 15) is 19.5 Å². The van der Waals surface area contributed by atoms with Crippen LogP contribution in [0.2, 0.25) is 0 Å². The van der Waals surface area contributed by atoms with Gasteiger partial charge >= 0.3 is 38.1 Å². The minimum Gasteiger partial charge on any atom is -1.00 e. The quantitative estimate of drug-likeness (QED) is 0.286. The van der Waals surface area contributed by atoms with Crippen molar-refractivity contribution in [2.75, 3.05) is 0 Å². The Bertz CT molecular complexity index is 311. The molecule has 0 spiro atoms. The zero-order valence-electron chi connectivity index (χ0n) is 9.86. The summed E-state index contributed by atoms with van der Waals surface area (Å²) >= 11 is 0. The molecule has 0 aliphatic carbocycles. The molecule has 0 fully saturated rings. The number of carboxylic acid groups (broad SMARTS) is 2. The maximum Gasteiger partial charge on any atom is 1.00 e. The summed E-state index contributed by atoms with van der Waals surface area (Å²) in [7, 11) is -2.46. The van der Waals surface area contributed by atoms with Gasteiger partial charge in [0.15, 0.2) is 5.60 Å². The van der Waals surface area contributed by atoms with E-state index < -0.39 is 43.7 Å². The molecule has 0 rings (SSSR count). The third-order valence-corrected chi connectivity index (χ3v) is 1.52. The van der Waals surface area contributed by atoms with Crippen LogP contribution in [0.1, 0.15) is 14.3 Å². The van der Waals surface area contributed by atoms with E-state index in [1.165, 1.54) is 0 Å². The Balaban J connectivity index is -0.00000112. The molecule has 0 aliphatic heterocycles. The fraction of sp³-hybridized carbons (Fsp3) is 0.500. The first-order chi connectivity index (χ1) is 7.17. The molecule has 0 aliphatic rings. The fourth-order valence-corrected chi connectivity index (χ4v) is 0.862. The van der Waals surface area contributed by atoms with E-state index in [4.69, 9.17) is 20.3 Å².